The fourth-order valence-electron chi connectivity index (χ4n) is 4.83. The van der Waals surface area contributed by atoms with Gasteiger partial charge < -0.3 is 25.5 Å². The average molecular weight is 514 g/mol. The lowest BCUT2D eigenvalue weighted by Gasteiger charge is -2.35. The first-order chi connectivity index (χ1) is 17.1. The fraction of sp³-hybridized carbons (Fsp3) is 0.308. The average Bonchev–Trinajstić information content (AvgIpc) is 3.27. The van der Waals surface area contributed by atoms with E-state index in [1.807, 2.05) is 0 Å². The van der Waals surface area contributed by atoms with E-state index in [4.69, 9.17) is 7.85 Å². The number of fused-ring (bicyclic) bond motifs is 3. The summed E-state index contributed by atoms with van der Waals surface area (Å²) in [6, 6.07) is 3.85. The quantitative estimate of drug-likeness (QED) is 0.355. The van der Waals surface area contributed by atoms with Crippen LogP contribution in [-0.2, 0) is 12.7 Å². The van der Waals surface area contributed by atoms with Gasteiger partial charge in [-0.1, -0.05) is 19.7 Å². The lowest BCUT2D eigenvalue weighted by atomic mass is 9.90. The first-order valence-corrected chi connectivity index (χ1v) is 11.5. The third-order valence-corrected chi connectivity index (χ3v) is 6.80. The van der Waals surface area contributed by atoms with Gasteiger partial charge in [0.1, 0.15) is 25.2 Å². The Hall–Kier alpha value is -3.47. The van der Waals surface area contributed by atoms with Crippen molar-refractivity contribution in [3.8, 4) is 0 Å². The maximum absolute atomic E-state index is 14.9. The van der Waals surface area contributed by atoms with E-state index in [1.165, 1.54) is 11.8 Å². The molecule has 0 saturated heterocycles. The largest absolute Gasteiger partial charge is 0.416 e. The molecule has 192 valence electrons. The number of hydrogen-bond acceptors (Lipinski definition) is 5. The van der Waals surface area contributed by atoms with Gasteiger partial charge in [0.25, 0.3) is 0 Å². The van der Waals surface area contributed by atoms with Gasteiger partial charge in [-0.25, -0.2) is 8.78 Å². The number of hydrogen-bond donors (Lipinski definition) is 3. The minimum atomic E-state index is -4.73. The van der Waals surface area contributed by atoms with Gasteiger partial charge in [0.05, 0.1) is 29.1 Å². The summed E-state index contributed by atoms with van der Waals surface area (Å²) in [6.45, 7) is 13.6. The van der Waals surface area contributed by atoms with Crippen molar-refractivity contribution in [3.63, 3.8) is 0 Å². The van der Waals surface area contributed by atoms with E-state index in [-0.39, 0.29) is 23.6 Å². The molecule has 1 fully saturated rings. The van der Waals surface area contributed by atoms with Crippen LogP contribution in [0.15, 0.2) is 49.8 Å². The molecule has 11 heteroatoms. The molecule has 2 radical (unpaired) electrons. The number of nitrogens with zero attached hydrogens (tertiary/aromatic N) is 2. The molecule has 0 aromatic heterocycles. The molecule has 1 unspecified atom stereocenters. The Morgan fingerprint density at radius 2 is 1.89 bits per heavy atom. The number of anilines is 3. The van der Waals surface area contributed by atoms with Gasteiger partial charge in [-0.3, -0.25) is 0 Å². The van der Waals surface area contributed by atoms with Crippen molar-refractivity contribution in [1.82, 2.24) is 5.32 Å². The summed E-state index contributed by atoms with van der Waals surface area (Å²) in [4.78, 5) is 3.03. The molecule has 2 aromatic rings. The van der Waals surface area contributed by atoms with Gasteiger partial charge in [0.15, 0.2) is 0 Å². The van der Waals surface area contributed by atoms with Crippen LogP contribution in [0.5, 0.6) is 0 Å². The summed E-state index contributed by atoms with van der Waals surface area (Å²) < 4.78 is 68.7. The molecule has 0 bridgehead atoms. The van der Waals surface area contributed by atoms with Crippen LogP contribution in [0.3, 0.4) is 0 Å². The van der Waals surface area contributed by atoms with E-state index in [0.717, 1.165) is 12.1 Å². The first-order valence-electron chi connectivity index (χ1n) is 11.5. The Bertz CT molecular complexity index is 1360. The second-order valence-electron chi connectivity index (χ2n) is 9.89. The maximum atomic E-state index is 14.9. The van der Waals surface area contributed by atoms with Gasteiger partial charge in [-0.15, -0.1) is 0 Å². The zero-order valence-corrected chi connectivity index (χ0v) is 20.1. The molecule has 1 atom stereocenters. The molecule has 37 heavy (non-hydrogen) atoms. The van der Waals surface area contributed by atoms with Crippen LogP contribution in [0.1, 0.15) is 42.0 Å². The monoisotopic (exact) mass is 514 g/mol. The van der Waals surface area contributed by atoms with Crippen molar-refractivity contribution in [2.24, 2.45) is 0 Å². The highest BCUT2D eigenvalue weighted by Crippen LogP contribution is 2.54. The normalized spacial score (nSPS) is 19.3. The summed E-state index contributed by atoms with van der Waals surface area (Å²) in [5.74, 6) is -0.785. The maximum Gasteiger partial charge on any atom is 0.416 e. The number of rotatable bonds is 6. The lowest BCUT2D eigenvalue weighted by Crippen LogP contribution is -2.47. The zero-order chi connectivity index (χ0) is 27.1. The number of aliphatic hydroxyl groups is 1. The predicted octanol–water partition coefficient (Wildman–Crippen LogP) is 5.44. The Morgan fingerprint density at radius 1 is 1.22 bits per heavy atom. The SMILES string of the molecule is [B]C(C)(O)N1C(=C)N(CC2(F)CC2)c2cc(NC(=C)c3cc(F)cc(C(F)(F)F)c3)c3c(c21)C(=C)NC3. The van der Waals surface area contributed by atoms with Crippen LogP contribution >= 0.6 is 0 Å². The Labute approximate surface area is 212 Å². The summed E-state index contributed by atoms with van der Waals surface area (Å²) in [7, 11) is 6.08. The van der Waals surface area contributed by atoms with Crippen LogP contribution in [0.25, 0.3) is 11.4 Å². The Morgan fingerprint density at radius 3 is 2.49 bits per heavy atom. The molecule has 2 aromatic carbocycles. The van der Waals surface area contributed by atoms with Crippen LogP contribution in [0, 0.1) is 5.82 Å². The highest BCUT2D eigenvalue weighted by Gasteiger charge is 2.49. The fourth-order valence-corrected chi connectivity index (χ4v) is 4.83. The highest BCUT2D eigenvalue weighted by atomic mass is 19.4. The summed E-state index contributed by atoms with van der Waals surface area (Å²) in [5, 5.41) is 16.9. The third kappa shape index (κ3) is 4.35. The van der Waals surface area contributed by atoms with Crippen molar-refractivity contribution >= 4 is 36.3 Å². The van der Waals surface area contributed by atoms with E-state index in [9.17, 15) is 27.1 Å². The summed E-state index contributed by atoms with van der Waals surface area (Å²) in [6.07, 6.45) is -3.97. The molecule has 3 aliphatic rings. The second kappa shape index (κ2) is 8.02. The van der Waals surface area contributed by atoms with Crippen LogP contribution in [0.4, 0.5) is 39.0 Å². The molecule has 0 amide bonds. The molecule has 2 aliphatic heterocycles. The van der Waals surface area contributed by atoms with Gasteiger partial charge in [0.2, 0.25) is 0 Å². The van der Waals surface area contributed by atoms with Crippen molar-refractivity contribution in [3.05, 3.63) is 77.9 Å². The molecule has 5 rings (SSSR count). The van der Waals surface area contributed by atoms with E-state index < -0.39 is 28.9 Å². The van der Waals surface area contributed by atoms with E-state index in [2.05, 4.69) is 30.4 Å². The minimum absolute atomic E-state index is 0.0245. The molecular weight excluding hydrogens is 490 g/mol. The first kappa shape index (κ1) is 25.2. The molecule has 2 heterocycles. The van der Waals surface area contributed by atoms with Crippen LogP contribution in [0.2, 0.25) is 0 Å². The van der Waals surface area contributed by atoms with Gasteiger partial charge in [-0.05, 0) is 44.0 Å². The van der Waals surface area contributed by atoms with Gasteiger partial charge >= 0.3 is 6.18 Å². The molecule has 0 spiro atoms. The second-order valence-corrected chi connectivity index (χ2v) is 9.89. The smallest absolute Gasteiger partial charge is 0.381 e. The highest BCUT2D eigenvalue weighted by molar-refractivity contribution is 6.17. The molecule has 1 saturated carbocycles. The lowest BCUT2D eigenvalue weighted by molar-refractivity contribution is -0.137. The predicted molar refractivity (Wildman–Crippen MR) is 135 cm³/mol. The molecular formula is C26H24BF5N4O. The van der Waals surface area contributed by atoms with Crippen LogP contribution < -0.4 is 20.4 Å². The summed E-state index contributed by atoms with van der Waals surface area (Å²) in [5.41, 5.74) is -1.32. The third-order valence-electron chi connectivity index (χ3n) is 6.80. The summed E-state index contributed by atoms with van der Waals surface area (Å²) >= 11 is 0. The van der Waals surface area contributed by atoms with E-state index in [0.29, 0.717) is 59.3 Å². The van der Waals surface area contributed by atoms with Crippen molar-refractivity contribution in [1.29, 1.82) is 0 Å². The van der Waals surface area contributed by atoms with Gasteiger partial charge in [-0.2, -0.15) is 13.2 Å². The number of nitrogens with one attached hydrogen (secondary N) is 2. The standard InChI is InChI=1S/C26H24BF5N4O/c1-13(16-7-17(26(30,31)32)9-18(28)8-16)34-20-10-21-23(22-14(2)33-11-19(20)22)36(24(4,27)37)15(3)35(21)12-25(29)5-6-25/h7-10,33-34,37H,1-3,5-6,11-12H2,4H3. The number of benzene rings is 2. The van der Waals surface area contributed by atoms with Crippen molar-refractivity contribution < 1.29 is 27.1 Å². The number of alkyl halides is 4. The Kier molecular flexibility index (Phi) is 5.46. The minimum Gasteiger partial charge on any atom is -0.381 e. The van der Waals surface area contributed by atoms with Crippen LogP contribution in [-0.4, -0.2) is 30.8 Å². The van der Waals surface area contributed by atoms with E-state index in [1.54, 1.807) is 11.0 Å². The zero-order valence-electron chi connectivity index (χ0n) is 20.1. The van der Waals surface area contributed by atoms with Crippen molar-refractivity contribution in [2.45, 2.75) is 43.8 Å². The number of halogens is 5. The molecule has 3 N–H and O–H groups in total. The van der Waals surface area contributed by atoms with Gasteiger partial charge in [0, 0.05) is 40.3 Å². The Balaban J connectivity index is 1.62. The van der Waals surface area contributed by atoms with E-state index >= 15 is 0 Å². The molecule has 1 aliphatic carbocycles. The molecule has 5 nitrogen and oxygen atoms in total. The van der Waals surface area contributed by atoms with Crippen molar-refractivity contribution in [2.75, 3.05) is 21.7 Å². The topological polar surface area (TPSA) is 50.8 Å².